The summed E-state index contributed by atoms with van der Waals surface area (Å²) in [7, 11) is -3.70. The van der Waals surface area contributed by atoms with Crippen molar-refractivity contribution in [3.63, 3.8) is 0 Å². The summed E-state index contributed by atoms with van der Waals surface area (Å²) in [6.45, 7) is 7.01. The standard InChI is InChI=1S/C23H24ClN3O3S2/c1-15-8-9-18(16(2)14-15)22-25-17(3)21(31-22)23(28)26-10-12-27(13-11-26)32(29,30)20-7-5-4-6-19(20)24/h4-9,14H,10-13H2,1-3H3. The lowest BCUT2D eigenvalue weighted by molar-refractivity contribution is 0.0702. The second kappa shape index (κ2) is 8.94. The fourth-order valence-corrected chi connectivity index (χ4v) is 6.87. The minimum Gasteiger partial charge on any atom is -0.335 e. The first-order chi connectivity index (χ1) is 15.2. The molecule has 0 saturated carbocycles. The highest BCUT2D eigenvalue weighted by Gasteiger charge is 2.32. The maximum atomic E-state index is 13.2. The highest BCUT2D eigenvalue weighted by molar-refractivity contribution is 7.89. The van der Waals surface area contributed by atoms with Crippen molar-refractivity contribution in [2.24, 2.45) is 0 Å². The Kier molecular flexibility index (Phi) is 6.40. The van der Waals surface area contributed by atoms with E-state index < -0.39 is 10.0 Å². The van der Waals surface area contributed by atoms with Gasteiger partial charge in [0, 0.05) is 31.7 Å². The van der Waals surface area contributed by atoms with Crippen LogP contribution >= 0.6 is 22.9 Å². The molecule has 0 spiro atoms. The van der Waals surface area contributed by atoms with E-state index in [2.05, 4.69) is 11.1 Å². The summed E-state index contributed by atoms with van der Waals surface area (Å²) in [5.74, 6) is -0.106. The lowest BCUT2D eigenvalue weighted by Gasteiger charge is -2.34. The Morgan fingerprint density at radius 2 is 1.72 bits per heavy atom. The molecule has 168 valence electrons. The zero-order chi connectivity index (χ0) is 23.0. The van der Waals surface area contributed by atoms with Gasteiger partial charge in [0.05, 0.1) is 10.7 Å². The first kappa shape index (κ1) is 22.9. The van der Waals surface area contributed by atoms with Gasteiger partial charge in [-0.05, 0) is 38.5 Å². The number of halogens is 1. The van der Waals surface area contributed by atoms with Crippen LogP contribution in [0.3, 0.4) is 0 Å². The van der Waals surface area contributed by atoms with Crippen molar-refractivity contribution in [3.05, 3.63) is 69.2 Å². The van der Waals surface area contributed by atoms with E-state index in [1.165, 1.54) is 27.3 Å². The SMILES string of the molecule is Cc1ccc(-c2nc(C)c(C(=O)N3CCN(S(=O)(=O)c4ccccc4Cl)CC3)s2)c(C)c1. The average molecular weight is 490 g/mol. The summed E-state index contributed by atoms with van der Waals surface area (Å²) in [5.41, 5.74) is 4.02. The van der Waals surface area contributed by atoms with Crippen molar-refractivity contribution in [1.82, 2.24) is 14.2 Å². The average Bonchev–Trinajstić information content (AvgIpc) is 3.14. The normalized spacial score (nSPS) is 15.2. The lowest BCUT2D eigenvalue weighted by atomic mass is 10.1. The van der Waals surface area contributed by atoms with Gasteiger partial charge in [-0.2, -0.15) is 4.31 Å². The molecule has 1 fully saturated rings. The molecular weight excluding hydrogens is 466 g/mol. The van der Waals surface area contributed by atoms with Crippen molar-refractivity contribution in [2.75, 3.05) is 26.2 Å². The van der Waals surface area contributed by atoms with E-state index >= 15 is 0 Å². The Labute approximate surface area is 197 Å². The zero-order valence-corrected chi connectivity index (χ0v) is 20.5. The van der Waals surface area contributed by atoms with Gasteiger partial charge >= 0.3 is 0 Å². The number of thiazole rings is 1. The van der Waals surface area contributed by atoms with E-state index in [0.29, 0.717) is 23.7 Å². The van der Waals surface area contributed by atoms with Crippen molar-refractivity contribution in [1.29, 1.82) is 0 Å². The van der Waals surface area contributed by atoms with Gasteiger partial charge in [-0.3, -0.25) is 4.79 Å². The molecule has 1 aromatic heterocycles. The van der Waals surface area contributed by atoms with Gasteiger partial charge in [0.15, 0.2) is 0 Å². The van der Waals surface area contributed by atoms with Crippen LogP contribution in [0.4, 0.5) is 0 Å². The quantitative estimate of drug-likeness (QED) is 0.539. The number of carbonyl (C=O) groups excluding carboxylic acids is 1. The molecule has 0 aliphatic carbocycles. The highest BCUT2D eigenvalue weighted by atomic mass is 35.5. The van der Waals surface area contributed by atoms with E-state index in [-0.39, 0.29) is 28.9 Å². The van der Waals surface area contributed by atoms with Crippen molar-refractivity contribution < 1.29 is 13.2 Å². The summed E-state index contributed by atoms with van der Waals surface area (Å²) >= 11 is 7.49. The fraction of sp³-hybridized carbons (Fsp3) is 0.304. The first-order valence-electron chi connectivity index (χ1n) is 10.3. The monoisotopic (exact) mass is 489 g/mol. The number of hydrogen-bond donors (Lipinski definition) is 0. The Bertz CT molecular complexity index is 1280. The van der Waals surface area contributed by atoms with Crippen LogP contribution in [-0.2, 0) is 10.0 Å². The van der Waals surface area contributed by atoms with Crippen LogP contribution in [0.2, 0.25) is 5.02 Å². The zero-order valence-electron chi connectivity index (χ0n) is 18.1. The van der Waals surface area contributed by atoms with Crippen LogP contribution in [0.1, 0.15) is 26.5 Å². The Morgan fingerprint density at radius 3 is 2.38 bits per heavy atom. The molecule has 0 unspecified atom stereocenters. The molecular formula is C23H24ClN3O3S2. The molecule has 4 rings (SSSR count). The van der Waals surface area contributed by atoms with Gasteiger partial charge in [-0.15, -0.1) is 11.3 Å². The molecule has 1 saturated heterocycles. The number of nitrogens with zero attached hydrogens (tertiary/aromatic N) is 3. The van der Waals surface area contributed by atoms with E-state index in [1.54, 1.807) is 23.1 Å². The van der Waals surface area contributed by atoms with Crippen LogP contribution in [-0.4, -0.2) is 54.7 Å². The largest absolute Gasteiger partial charge is 0.335 e. The molecule has 9 heteroatoms. The molecule has 32 heavy (non-hydrogen) atoms. The van der Waals surface area contributed by atoms with Crippen molar-refractivity contribution in [3.8, 4) is 10.6 Å². The molecule has 0 bridgehead atoms. The van der Waals surface area contributed by atoms with Gasteiger partial charge < -0.3 is 4.90 Å². The number of aryl methyl sites for hydroxylation is 3. The maximum Gasteiger partial charge on any atom is 0.265 e. The van der Waals surface area contributed by atoms with Gasteiger partial charge in [-0.1, -0.05) is 47.5 Å². The van der Waals surface area contributed by atoms with Crippen LogP contribution in [0, 0.1) is 20.8 Å². The smallest absolute Gasteiger partial charge is 0.265 e. The summed E-state index contributed by atoms with van der Waals surface area (Å²) in [4.78, 5) is 20.2. The Hall–Kier alpha value is -2.26. The number of carbonyl (C=O) groups is 1. The van der Waals surface area contributed by atoms with E-state index in [9.17, 15) is 13.2 Å². The molecule has 1 amide bonds. The van der Waals surface area contributed by atoms with E-state index in [1.807, 2.05) is 32.9 Å². The maximum absolute atomic E-state index is 13.2. The summed E-state index contributed by atoms with van der Waals surface area (Å²) in [6.07, 6.45) is 0. The Balaban J connectivity index is 1.50. The molecule has 1 aliphatic heterocycles. The van der Waals surface area contributed by atoms with Crippen molar-refractivity contribution in [2.45, 2.75) is 25.7 Å². The second-order valence-electron chi connectivity index (χ2n) is 7.88. The molecule has 2 heterocycles. The predicted octanol–water partition coefficient (Wildman–Crippen LogP) is 4.54. The molecule has 6 nitrogen and oxygen atoms in total. The van der Waals surface area contributed by atoms with Gasteiger partial charge in [0.2, 0.25) is 10.0 Å². The van der Waals surface area contributed by atoms with Gasteiger partial charge in [0.25, 0.3) is 5.91 Å². The molecule has 3 aromatic rings. The van der Waals surface area contributed by atoms with Crippen LogP contribution in [0.25, 0.3) is 10.6 Å². The summed E-state index contributed by atoms with van der Waals surface area (Å²) < 4.78 is 27.3. The Morgan fingerprint density at radius 1 is 1.03 bits per heavy atom. The highest BCUT2D eigenvalue weighted by Crippen LogP contribution is 2.32. The molecule has 0 N–H and O–H groups in total. The van der Waals surface area contributed by atoms with Crippen LogP contribution in [0.15, 0.2) is 47.4 Å². The van der Waals surface area contributed by atoms with Crippen LogP contribution in [0.5, 0.6) is 0 Å². The fourth-order valence-electron chi connectivity index (χ4n) is 3.83. The molecule has 0 radical (unpaired) electrons. The number of rotatable bonds is 4. The first-order valence-corrected chi connectivity index (χ1v) is 12.9. The minimum atomic E-state index is -3.70. The third-order valence-corrected chi connectivity index (χ3v) is 9.16. The topological polar surface area (TPSA) is 70.6 Å². The second-order valence-corrected chi connectivity index (χ2v) is 11.2. The molecule has 1 aliphatic rings. The van der Waals surface area contributed by atoms with Crippen LogP contribution < -0.4 is 0 Å². The number of sulfonamides is 1. The summed E-state index contributed by atoms with van der Waals surface area (Å²) in [6, 6.07) is 12.6. The molecule has 2 aromatic carbocycles. The van der Waals surface area contributed by atoms with E-state index in [0.717, 1.165) is 16.1 Å². The third-order valence-electron chi connectivity index (χ3n) is 5.58. The van der Waals surface area contributed by atoms with E-state index in [4.69, 9.17) is 11.6 Å². The number of benzene rings is 2. The molecule has 0 atom stereocenters. The minimum absolute atomic E-state index is 0.0952. The van der Waals surface area contributed by atoms with Gasteiger partial charge in [0.1, 0.15) is 14.8 Å². The predicted molar refractivity (Wildman–Crippen MR) is 128 cm³/mol. The summed E-state index contributed by atoms with van der Waals surface area (Å²) in [5, 5.41) is 1.02. The third kappa shape index (κ3) is 4.32. The van der Waals surface area contributed by atoms with Gasteiger partial charge in [-0.25, -0.2) is 13.4 Å². The number of piperazine rings is 1. The van der Waals surface area contributed by atoms with Crippen molar-refractivity contribution >= 4 is 38.9 Å². The number of amides is 1. The lowest BCUT2D eigenvalue weighted by Crippen LogP contribution is -2.50. The number of aromatic nitrogens is 1. The number of hydrogen-bond acceptors (Lipinski definition) is 5.